The van der Waals surface area contributed by atoms with Crippen LogP contribution < -0.4 is 11.1 Å². The van der Waals surface area contributed by atoms with Crippen molar-refractivity contribution in [3.05, 3.63) is 98.8 Å². The number of hydrogen-bond donors (Lipinski definition) is 2. The highest BCUT2D eigenvalue weighted by molar-refractivity contribution is 7.21. The normalized spacial score (nSPS) is 11.0. The van der Waals surface area contributed by atoms with Gasteiger partial charge in [-0.2, -0.15) is 0 Å². The van der Waals surface area contributed by atoms with E-state index >= 15 is 0 Å². The molecule has 0 aliphatic rings. The minimum absolute atomic E-state index is 0.344. The van der Waals surface area contributed by atoms with Gasteiger partial charge in [-0.1, -0.05) is 71.2 Å². The molecule has 2 heterocycles. The van der Waals surface area contributed by atoms with Crippen molar-refractivity contribution in [2.24, 2.45) is 0 Å². The number of pyridine rings is 1. The standard InChI is InChI=1S/C26H16Cl3N3OS/c27-16-9-5-14(6-10-16)18-13-21(15-7-11-17(28)12-8-15)32-26-22(18)23(30)24(34-26)25(33)31-20-4-2-1-3-19(20)29/h1-13H,30H2,(H,31,33). The summed E-state index contributed by atoms with van der Waals surface area (Å²) in [6, 6.07) is 23.9. The van der Waals surface area contributed by atoms with Crippen LogP contribution in [0, 0.1) is 0 Å². The average Bonchev–Trinajstić information content (AvgIpc) is 3.17. The number of carbonyl (C=O) groups is 1. The molecule has 0 radical (unpaired) electrons. The summed E-state index contributed by atoms with van der Waals surface area (Å²) in [4.78, 5) is 19.0. The van der Waals surface area contributed by atoms with Crippen molar-refractivity contribution in [2.45, 2.75) is 0 Å². The number of nitrogens with one attached hydrogen (secondary N) is 1. The summed E-state index contributed by atoms with van der Waals surface area (Å²) >= 11 is 19.6. The van der Waals surface area contributed by atoms with Crippen LogP contribution in [0.1, 0.15) is 9.67 Å². The Morgan fingerprint density at radius 2 is 1.47 bits per heavy atom. The van der Waals surface area contributed by atoms with Crippen molar-refractivity contribution >= 4 is 73.6 Å². The molecule has 0 aliphatic carbocycles. The zero-order valence-electron chi connectivity index (χ0n) is 17.5. The number of thiophene rings is 1. The van der Waals surface area contributed by atoms with Gasteiger partial charge in [0.2, 0.25) is 0 Å². The summed E-state index contributed by atoms with van der Waals surface area (Å²) in [7, 11) is 0. The second kappa shape index (κ2) is 9.28. The molecule has 0 bridgehead atoms. The molecule has 168 valence electrons. The monoisotopic (exact) mass is 523 g/mol. The van der Waals surface area contributed by atoms with Gasteiger partial charge in [0.25, 0.3) is 5.91 Å². The molecule has 4 nitrogen and oxygen atoms in total. The Balaban J connectivity index is 1.68. The van der Waals surface area contributed by atoms with E-state index in [-0.39, 0.29) is 5.91 Å². The fourth-order valence-electron chi connectivity index (χ4n) is 3.66. The highest BCUT2D eigenvalue weighted by atomic mass is 35.5. The molecule has 0 saturated heterocycles. The zero-order valence-corrected chi connectivity index (χ0v) is 20.6. The SMILES string of the molecule is Nc1c(C(=O)Nc2ccccc2Cl)sc2nc(-c3ccc(Cl)cc3)cc(-c3ccc(Cl)cc3)c12. The number of anilines is 2. The maximum absolute atomic E-state index is 13.1. The van der Waals surface area contributed by atoms with Gasteiger partial charge in [-0.3, -0.25) is 4.79 Å². The van der Waals surface area contributed by atoms with Crippen LogP contribution in [0.25, 0.3) is 32.6 Å². The van der Waals surface area contributed by atoms with E-state index in [1.807, 2.05) is 54.6 Å². The summed E-state index contributed by atoms with van der Waals surface area (Å²) in [5, 5.41) is 5.28. The quantitative estimate of drug-likeness (QED) is 0.248. The lowest BCUT2D eigenvalue weighted by Gasteiger charge is -2.09. The number of para-hydroxylation sites is 1. The molecule has 34 heavy (non-hydrogen) atoms. The fourth-order valence-corrected chi connectivity index (χ4v) is 5.11. The van der Waals surface area contributed by atoms with Gasteiger partial charge in [0.1, 0.15) is 9.71 Å². The number of nitrogens with zero attached hydrogens (tertiary/aromatic N) is 1. The molecule has 1 amide bonds. The minimum atomic E-state index is -0.344. The molecular weight excluding hydrogens is 509 g/mol. The molecule has 5 rings (SSSR count). The van der Waals surface area contributed by atoms with Crippen LogP contribution in [0.2, 0.25) is 15.1 Å². The summed E-state index contributed by atoms with van der Waals surface area (Å²) in [6.07, 6.45) is 0. The van der Waals surface area contributed by atoms with Crippen LogP contribution in [-0.4, -0.2) is 10.9 Å². The van der Waals surface area contributed by atoms with E-state index in [1.165, 1.54) is 11.3 Å². The van der Waals surface area contributed by atoms with E-state index in [9.17, 15) is 4.79 Å². The zero-order chi connectivity index (χ0) is 23.8. The van der Waals surface area contributed by atoms with Crippen LogP contribution >= 0.6 is 46.1 Å². The average molecular weight is 525 g/mol. The molecular formula is C26H16Cl3N3OS. The van der Waals surface area contributed by atoms with Crippen LogP contribution in [0.15, 0.2) is 78.9 Å². The third-order valence-electron chi connectivity index (χ3n) is 5.32. The van der Waals surface area contributed by atoms with Gasteiger partial charge in [-0.25, -0.2) is 4.98 Å². The number of hydrogen-bond acceptors (Lipinski definition) is 4. The first kappa shape index (κ1) is 22.7. The summed E-state index contributed by atoms with van der Waals surface area (Å²) < 4.78 is 0. The number of rotatable bonds is 4. The summed E-state index contributed by atoms with van der Waals surface area (Å²) in [6.45, 7) is 0. The minimum Gasteiger partial charge on any atom is -0.397 e. The molecule has 5 aromatic rings. The van der Waals surface area contributed by atoms with Crippen molar-refractivity contribution < 1.29 is 4.79 Å². The molecule has 0 unspecified atom stereocenters. The number of nitrogens with two attached hydrogens (primary N) is 1. The van der Waals surface area contributed by atoms with Crippen LogP contribution in [0.3, 0.4) is 0 Å². The van der Waals surface area contributed by atoms with Crippen LogP contribution in [-0.2, 0) is 0 Å². The third-order valence-corrected chi connectivity index (χ3v) is 7.25. The first-order chi connectivity index (χ1) is 16.4. The van der Waals surface area contributed by atoms with Crippen molar-refractivity contribution in [3.63, 3.8) is 0 Å². The third kappa shape index (κ3) is 4.36. The van der Waals surface area contributed by atoms with Gasteiger partial charge in [0.15, 0.2) is 0 Å². The highest BCUT2D eigenvalue weighted by Crippen LogP contribution is 2.42. The number of fused-ring (bicyclic) bond motifs is 1. The number of amides is 1. The number of benzene rings is 3. The predicted octanol–water partition coefficient (Wildman–Crippen LogP) is 8.43. The first-order valence-electron chi connectivity index (χ1n) is 10.2. The second-order valence-corrected chi connectivity index (χ2v) is 9.81. The smallest absolute Gasteiger partial charge is 0.267 e. The number of nitrogen functional groups attached to an aromatic ring is 1. The Labute approximate surface area is 214 Å². The lowest BCUT2D eigenvalue weighted by Crippen LogP contribution is -2.12. The maximum Gasteiger partial charge on any atom is 0.267 e. The molecule has 2 aromatic heterocycles. The molecule has 0 spiro atoms. The van der Waals surface area contributed by atoms with Gasteiger partial charge in [-0.15, -0.1) is 11.3 Å². The largest absolute Gasteiger partial charge is 0.397 e. The van der Waals surface area contributed by atoms with Crippen molar-refractivity contribution in [1.82, 2.24) is 4.98 Å². The summed E-state index contributed by atoms with van der Waals surface area (Å²) in [5.41, 5.74) is 10.8. The molecule has 0 fully saturated rings. The molecule has 0 saturated carbocycles. The Bertz CT molecular complexity index is 1530. The molecule has 8 heteroatoms. The van der Waals surface area contributed by atoms with Crippen molar-refractivity contribution in [2.75, 3.05) is 11.1 Å². The van der Waals surface area contributed by atoms with Crippen LogP contribution in [0.5, 0.6) is 0 Å². The van der Waals surface area contributed by atoms with Gasteiger partial charge in [-0.05, 0) is 53.6 Å². The van der Waals surface area contributed by atoms with E-state index in [1.54, 1.807) is 24.3 Å². The Kier molecular flexibility index (Phi) is 6.19. The van der Waals surface area contributed by atoms with Gasteiger partial charge in [0.05, 0.1) is 22.1 Å². The Morgan fingerprint density at radius 1 is 0.853 bits per heavy atom. The lowest BCUT2D eigenvalue weighted by atomic mass is 9.99. The van der Waals surface area contributed by atoms with Gasteiger partial charge >= 0.3 is 0 Å². The van der Waals surface area contributed by atoms with E-state index in [0.29, 0.717) is 41.5 Å². The highest BCUT2D eigenvalue weighted by Gasteiger charge is 2.22. The number of carbonyl (C=O) groups excluding carboxylic acids is 1. The van der Waals surface area contributed by atoms with E-state index in [2.05, 4.69) is 5.32 Å². The van der Waals surface area contributed by atoms with Gasteiger partial charge in [0, 0.05) is 21.0 Å². The van der Waals surface area contributed by atoms with E-state index < -0.39 is 0 Å². The topological polar surface area (TPSA) is 68.0 Å². The fraction of sp³-hybridized carbons (Fsp3) is 0. The second-order valence-electron chi connectivity index (χ2n) is 7.53. The number of halogens is 3. The van der Waals surface area contributed by atoms with Crippen molar-refractivity contribution in [1.29, 1.82) is 0 Å². The maximum atomic E-state index is 13.1. The van der Waals surface area contributed by atoms with E-state index in [0.717, 1.165) is 22.4 Å². The van der Waals surface area contributed by atoms with Gasteiger partial charge < -0.3 is 11.1 Å². The van der Waals surface area contributed by atoms with Crippen molar-refractivity contribution in [3.8, 4) is 22.4 Å². The predicted molar refractivity (Wildman–Crippen MR) is 144 cm³/mol. The Morgan fingerprint density at radius 3 is 2.12 bits per heavy atom. The Hall–Kier alpha value is -3.09. The van der Waals surface area contributed by atoms with Crippen LogP contribution in [0.4, 0.5) is 11.4 Å². The van der Waals surface area contributed by atoms with E-state index in [4.69, 9.17) is 45.5 Å². The first-order valence-corrected chi connectivity index (χ1v) is 12.2. The molecule has 0 aliphatic heterocycles. The molecule has 3 N–H and O–H groups in total. The lowest BCUT2D eigenvalue weighted by molar-refractivity contribution is 0.103. The summed E-state index contributed by atoms with van der Waals surface area (Å²) in [5.74, 6) is -0.344. The number of aromatic nitrogens is 1. The molecule has 3 aromatic carbocycles. The molecule has 0 atom stereocenters.